The number of carbonyl (C=O) groups excluding carboxylic acids is 1. The van der Waals surface area contributed by atoms with Crippen LogP contribution >= 0.6 is 0 Å². The molecule has 1 aliphatic rings. The second kappa shape index (κ2) is 3.11. The molecule has 0 aromatic carbocycles. The molecule has 0 amide bonds. The lowest BCUT2D eigenvalue weighted by molar-refractivity contribution is -0.150. The number of aliphatic hydroxyl groups is 1. The SMILES string of the molecule is CC=CC(O)C1(C)C=CC(=O)O1. The second-order valence-electron chi connectivity index (χ2n) is 2.91. The van der Waals surface area contributed by atoms with Gasteiger partial charge in [-0.25, -0.2) is 4.79 Å². The van der Waals surface area contributed by atoms with Crippen LogP contribution in [0.2, 0.25) is 0 Å². The molecule has 3 nitrogen and oxygen atoms in total. The first-order valence-electron chi connectivity index (χ1n) is 3.81. The number of rotatable bonds is 2. The fourth-order valence-electron chi connectivity index (χ4n) is 1.05. The molecule has 0 bridgehead atoms. The molecule has 1 rings (SSSR count). The van der Waals surface area contributed by atoms with Crippen molar-refractivity contribution < 1.29 is 14.6 Å². The van der Waals surface area contributed by atoms with Crippen LogP contribution in [-0.4, -0.2) is 22.8 Å². The van der Waals surface area contributed by atoms with E-state index < -0.39 is 17.7 Å². The summed E-state index contributed by atoms with van der Waals surface area (Å²) in [6.45, 7) is 3.46. The van der Waals surface area contributed by atoms with Crippen molar-refractivity contribution in [2.24, 2.45) is 0 Å². The van der Waals surface area contributed by atoms with Gasteiger partial charge in [-0.15, -0.1) is 0 Å². The Bertz CT molecular complexity index is 242. The van der Waals surface area contributed by atoms with E-state index in [0.717, 1.165) is 0 Å². The summed E-state index contributed by atoms with van der Waals surface area (Å²) in [6, 6.07) is 0. The van der Waals surface area contributed by atoms with Crippen molar-refractivity contribution in [3.8, 4) is 0 Å². The smallest absolute Gasteiger partial charge is 0.331 e. The molecule has 0 aromatic heterocycles. The number of hydrogen-bond donors (Lipinski definition) is 1. The van der Waals surface area contributed by atoms with Gasteiger partial charge in [0.2, 0.25) is 0 Å². The first kappa shape index (κ1) is 9.00. The average Bonchev–Trinajstić information content (AvgIpc) is 2.33. The summed E-state index contributed by atoms with van der Waals surface area (Å²) in [5, 5.41) is 9.51. The number of esters is 1. The normalized spacial score (nSPS) is 31.1. The zero-order valence-corrected chi connectivity index (χ0v) is 7.15. The molecule has 2 unspecified atom stereocenters. The molecule has 0 spiro atoms. The van der Waals surface area contributed by atoms with Crippen molar-refractivity contribution in [1.82, 2.24) is 0 Å². The minimum atomic E-state index is -0.885. The molecule has 2 atom stereocenters. The van der Waals surface area contributed by atoms with E-state index in [1.165, 1.54) is 6.08 Å². The highest BCUT2D eigenvalue weighted by atomic mass is 16.6. The van der Waals surface area contributed by atoms with E-state index in [4.69, 9.17) is 4.74 Å². The molecule has 0 saturated carbocycles. The third-order valence-corrected chi connectivity index (χ3v) is 1.83. The predicted molar refractivity (Wildman–Crippen MR) is 44.5 cm³/mol. The Hall–Kier alpha value is -1.09. The Balaban J connectivity index is 2.74. The Kier molecular flexibility index (Phi) is 2.33. The molecule has 66 valence electrons. The highest BCUT2D eigenvalue weighted by Crippen LogP contribution is 2.23. The molecule has 0 saturated heterocycles. The summed E-state index contributed by atoms with van der Waals surface area (Å²) in [4.78, 5) is 10.7. The van der Waals surface area contributed by atoms with Crippen molar-refractivity contribution in [3.63, 3.8) is 0 Å². The van der Waals surface area contributed by atoms with Gasteiger partial charge in [-0.05, 0) is 19.9 Å². The summed E-state index contributed by atoms with van der Waals surface area (Å²) < 4.78 is 4.91. The van der Waals surface area contributed by atoms with Gasteiger partial charge in [-0.3, -0.25) is 0 Å². The number of allylic oxidation sites excluding steroid dienone is 1. The van der Waals surface area contributed by atoms with E-state index in [9.17, 15) is 9.90 Å². The van der Waals surface area contributed by atoms with Crippen LogP contribution in [0.3, 0.4) is 0 Å². The van der Waals surface area contributed by atoms with Crippen LogP contribution in [0.4, 0.5) is 0 Å². The third kappa shape index (κ3) is 1.56. The summed E-state index contributed by atoms with van der Waals surface area (Å²) >= 11 is 0. The van der Waals surface area contributed by atoms with Gasteiger partial charge in [-0.2, -0.15) is 0 Å². The maximum atomic E-state index is 10.7. The highest BCUT2D eigenvalue weighted by molar-refractivity contribution is 5.85. The van der Waals surface area contributed by atoms with Crippen molar-refractivity contribution in [2.75, 3.05) is 0 Å². The molecular weight excluding hydrogens is 156 g/mol. The monoisotopic (exact) mass is 168 g/mol. The lowest BCUT2D eigenvalue weighted by atomic mass is 9.99. The lowest BCUT2D eigenvalue weighted by Crippen LogP contribution is -2.37. The van der Waals surface area contributed by atoms with Crippen LogP contribution in [0.5, 0.6) is 0 Å². The summed E-state index contributed by atoms with van der Waals surface area (Å²) in [5.41, 5.74) is -0.885. The van der Waals surface area contributed by atoms with E-state index in [2.05, 4.69) is 0 Å². The highest BCUT2D eigenvalue weighted by Gasteiger charge is 2.36. The minimum Gasteiger partial charge on any atom is -0.449 e. The molecule has 1 aliphatic heterocycles. The largest absolute Gasteiger partial charge is 0.449 e. The molecular formula is C9H12O3. The van der Waals surface area contributed by atoms with Gasteiger partial charge in [-0.1, -0.05) is 12.2 Å². The lowest BCUT2D eigenvalue weighted by Gasteiger charge is -2.24. The first-order valence-corrected chi connectivity index (χ1v) is 3.81. The number of carbonyl (C=O) groups is 1. The Morgan fingerprint density at radius 1 is 1.75 bits per heavy atom. The zero-order valence-electron chi connectivity index (χ0n) is 7.15. The standard InChI is InChI=1S/C9H12O3/c1-3-4-7(10)9(2)6-5-8(11)12-9/h3-7,10H,1-2H3. The molecule has 0 radical (unpaired) electrons. The summed E-state index contributed by atoms with van der Waals surface area (Å²) in [7, 11) is 0. The molecule has 0 fully saturated rings. The molecule has 3 heteroatoms. The van der Waals surface area contributed by atoms with Gasteiger partial charge < -0.3 is 9.84 Å². The van der Waals surface area contributed by atoms with Crippen LogP contribution in [0, 0.1) is 0 Å². The zero-order chi connectivity index (χ0) is 9.19. The van der Waals surface area contributed by atoms with Crippen molar-refractivity contribution in [2.45, 2.75) is 25.6 Å². The average molecular weight is 168 g/mol. The molecule has 0 aromatic rings. The van der Waals surface area contributed by atoms with Gasteiger partial charge in [0.25, 0.3) is 0 Å². The van der Waals surface area contributed by atoms with Crippen molar-refractivity contribution in [1.29, 1.82) is 0 Å². The molecule has 1 heterocycles. The van der Waals surface area contributed by atoms with Gasteiger partial charge >= 0.3 is 5.97 Å². The van der Waals surface area contributed by atoms with E-state index in [-0.39, 0.29) is 0 Å². The molecule has 0 aliphatic carbocycles. The maximum absolute atomic E-state index is 10.7. The fraction of sp³-hybridized carbons (Fsp3) is 0.444. The summed E-state index contributed by atoms with van der Waals surface area (Å²) in [6.07, 6.45) is 5.43. The van der Waals surface area contributed by atoms with Crippen LogP contribution < -0.4 is 0 Å². The predicted octanol–water partition coefficient (Wildman–Crippen LogP) is 0.795. The van der Waals surface area contributed by atoms with Gasteiger partial charge in [0.15, 0.2) is 5.60 Å². The maximum Gasteiger partial charge on any atom is 0.331 e. The van der Waals surface area contributed by atoms with E-state index in [0.29, 0.717) is 0 Å². The number of cyclic esters (lactones) is 1. The van der Waals surface area contributed by atoms with Gasteiger partial charge in [0.05, 0.1) is 0 Å². The van der Waals surface area contributed by atoms with Crippen molar-refractivity contribution >= 4 is 5.97 Å². The van der Waals surface area contributed by atoms with Crippen molar-refractivity contribution in [3.05, 3.63) is 24.3 Å². The summed E-state index contributed by atoms with van der Waals surface area (Å²) in [5.74, 6) is -0.402. The first-order chi connectivity index (χ1) is 5.58. The Morgan fingerprint density at radius 3 is 2.83 bits per heavy atom. The minimum absolute atomic E-state index is 0.402. The molecule has 12 heavy (non-hydrogen) atoms. The van der Waals surface area contributed by atoms with Crippen LogP contribution in [-0.2, 0) is 9.53 Å². The Morgan fingerprint density at radius 2 is 2.42 bits per heavy atom. The van der Waals surface area contributed by atoms with Crippen LogP contribution in [0.1, 0.15) is 13.8 Å². The third-order valence-electron chi connectivity index (χ3n) is 1.83. The topological polar surface area (TPSA) is 46.5 Å². The van der Waals surface area contributed by atoms with E-state index in [1.807, 2.05) is 0 Å². The second-order valence-corrected chi connectivity index (χ2v) is 2.91. The number of hydrogen-bond acceptors (Lipinski definition) is 3. The number of ether oxygens (including phenoxy) is 1. The Labute approximate surface area is 71.3 Å². The van der Waals surface area contributed by atoms with E-state index >= 15 is 0 Å². The molecule has 1 N–H and O–H groups in total. The fourth-order valence-corrected chi connectivity index (χ4v) is 1.05. The van der Waals surface area contributed by atoms with Crippen LogP contribution in [0.15, 0.2) is 24.3 Å². The number of aliphatic hydroxyl groups excluding tert-OH is 1. The van der Waals surface area contributed by atoms with E-state index in [1.54, 1.807) is 32.1 Å². The van der Waals surface area contributed by atoms with Gasteiger partial charge in [0.1, 0.15) is 6.10 Å². The quantitative estimate of drug-likeness (QED) is 0.490. The van der Waals surface area contributed by atoms with Crippen LogP contribution in [0.25, 0.3) is 0 Å². The van der Waals surface area contributed by atoms with Gasteiger partial charge in [0, 0.05) is 6.08 Å².